The molecule has 0 aliphatic carbocycles. The Balaban J connectivity index is 1.94. The Kier molecular flexibility index (Phi) is 4.59. The van der Waals surface area contributed by atoms with E-state index >= 15 is 0 Å². The molecule has 4 aromatic rings. The number of phenolic OH excluding ortho intramolecular Hbond substituents is 1. The van der Waals surface area contributed by atoms with Gasteiger partial charge in [-0.25, -0.2) is 0 Å². The molecule has 0 fully saturated rings. The molecule has 0 spiro atoms. The van der Waals surface area contributed by atoms with E-state index in [2.05, 4.69) is 36.9 Å². The molecule has 0 unspecified atom stereocenters. The van der Waals surface area contributed by atoms with Crippen LogP contribution in [-0.4, -0.2) is 5.11 Å². The molecule has 0 aliphatic heterocycles. The summed E-state index contributed by atoms with van der Waals surface area (Å²) < 4.78 is 0. The number of hydrogen-bond acceptors (Lipinski definition) is 1. The first-order valence-corrected chi connectivity index (χ1v) is 8.96. The van der Waals surface area contributed by atoms with Gasteiger partial charge in [-0.15, -0.1) is 0 Å². The van der Waals surface area contributed by atoms with Gasteiger partial charge >= 0.3 is 0 Å². The van der Waals surface area contributed by atoms with Gasteiger partial charge in [0.05, 0.1) is 0 Å². The molecule has 1 heteroatoms. The molecule has 0 saturated carbocycles. The number of rotatable bonds is 4. The Morgan fingerprint density at radius 3 is 1.70 bits per heavy atom. The van der Waals surface area contributed by atoms with Crippen molar-refractivity contribution in [3.8, 4) is 28.0 Å². The maximum absolute atomic E-state index is 11.0. The van der Waals surface area contributed by atoms with E-state index in [1.165, 1.54) is 0 Å². The van der Waals surface area contributed by atoms with Crippen LogP contribution in [0, 0.1) is 0 Å². The highest BCUT2D eigenvalue weighted by molar-refractivity contribution is 5.92. The van der Waals surface area contributed by atoms with E-state index < -0.39 is 0 Å². The van der Waals surface area contributed by atoms with Gasteiger partial charge in [0.1, 0.15) is 5.75 Å². The number of benzene rings is 4. The summed E-state index contributed by atoms with van der Waals surface area (Å²) in [6.07, 6.45) is 0. The summed E-state index contributed by atoms with van der Waals surface area (Å²) in [5.41, 5.74) is 6.66. The average Bonchev–Trinajstić information content (AvgIpc) is 2.74. The highest BCUT2D eigenvalue weighted by Gasteiger charge is 2.16. The average molecular weight is 348 g/mol. The first-order valence-electron chi connectivity index (χ1n) is 8.96. The lowest BCUT2D eigenvalue weighted by atomic mass is 9.88. The van der Waals surface area contributed by atoms with Crippen molar-refractivity contribution in [2.75, 3.05) is 0 Å². The lowest BCUT2D eigenvalue weighted by molar-refractivity contribution is 0.474. The third kappa shape index (κ3) is 3.40. The zero-order chi connectivity index (χ0) is 18.6. The summed E-state index contributed by atoms with van der Waals surface area (Å²) in [7, 11) is 0. The smallest absolute Gasteiger partial charge is 0.124 e. The third-order valence-electron chi connectivity index (χ3n) is 4.73. The maximum Gasteiger partial charge on any atom is 0.124 e. The minimum Gasteiger partial charge on any atom is -0.507 e. The Labute approximate surface area is 159 Å². The van der Waals surface area contributed by atoms with E-state index in [4.69, 9.17) is 0 Å². The lowest BCUT2D eigenvalue weighted by Crippen LogP contribution is -1.93. The second-order valence-corrected chi connectivity index (χ2v) is 6.49. The van der Waals surface area contributed by atoms with Crippen LogP contribution in [0.1, 0.15) is 11.1 Å². The molecular formula is C26H20O. The van der Waals surface area contributed by atoms with Crippen molar-refractivity contribution >= 4 is 5.57 Å². The van der Waals surface area contributed by atoms with Crippen LogP contribution in [0.15, 0.2) is 110 Å². The summed E-state index contributed by atoms with van der Waals surface area (Å²) >= 11 is 0. The summed E-state index contributed by atoms with van der Waals surface area (Å²) in [5.74, 6) is 0.240. The van der Waals surface area contributed by atoms with Crippen molar-refractivity contribution in [3.63, 3.8) is 0 Å². The molecule has 0 bridgehead atoms. The minimum absolute atomic E-state index is 0.240. The van der Waals surface area contributed by atoms with Crippen molar-refractivity contribution in [2.24, 2.45) is 0 Å². The maximum atomic E-state index is 11.0. The molecule has 1 nitrogen and oxygen atoms in total. The van der Waals surface area contributed by atoms with Gasteiger partial charge in [-0.2, -0.15) is 0 Å². The van der Waals surface area contributed by atoms with Gasteiger partial charge in [-0.3, -0.25) is 0 Å². The Hall–Kier alpha value is -3.58. The molecule has 0 heterocycles. The van der Waals surface area contributed by atoms with Crippen LogP contribution in [0.25, 0.3) is 27.8 Å². The van der Waals surface area contributed by atoms with Crippen LogP contribution in [-0.2, 0) is 0 Å². The van der Waals surface area contributed by atoms with E-state index in [-0.39, 0.29) is 5.75 Å². The predicted molar refractivity (Wildman–Crippen MR) is 114 cm³/mol. The van der Waals surface area contributed by atoms with Gasteiger partial charge in [-0.1, -0.05) is 97.6 Å². The zero-order valence-corrected chi connectivity index (χ0v) is 15.0. The van der Waals surface area contributed by atoms with Crippen LogP contribution < -0.4 is 0 Å². The van der Waals surface area contributed by atoms with E-state index in [1.54, 1.807) is 0 Å². The molecular weight excluding hydrogens is 328 g/mol. The predicted octanol–water partition coefficient (Wildman–Crippen LogP) is 6.79. The van der Waals surface area contributed by atoms with Crippen LogP contribution in [0.3, 0.4) is 0 Å². The molecule has 4 aromatic carbocycles. The first kappa shape index (κ1) is 16.9. The molecule has 0 atom stereocenters. The van der Waals surface area contributed by atoms with E-state index in [0.717, 1.165) is 39.0 Å². The monoisotopic (exact) mass is 348 g/mol. The number of hydrogen-bond donors (Lipinski definition) is 1. The van der Waals surface area contributed by atoms with Crippen LogP contribution in [0.5, 0.6) is 5.75 Å². The molecule has 1 N–H and O–H groups in total. The second-order valence-electron chi connectivity index (χ2n) is 6.49. The van der Waals surface area contributed by atoms with Gasteiger partial charge in [0.15, 0.2) is 0 Å². The molecule has 0 radical (unpaired) electrons. The fourth-order valence-electron chi connectivity index (χ4n) is 3.37. The van der Waals surface area contributed by atoms with Gasteiger partial charge in [-0.05, 0) is 45.5 Å². The van der Waals surface area contributed by atoms with E-state index in [0.29, 0.717) is 0 Å². The van der Waals surface area contributed by atoms with Crippen LogP contribution in [0.2, 0.25) is 0 Å². The zero-order valence-electron chi connectivity index (χ0n) is 15.0. The van der Waals surface area contributed by atoms with E-state index in [1.807, 2.05) is 72.8 Å². The van der Waals surface area contributed by atoms with Crippen molar-refractivity contribution in [2.45, 2.75) is 0 Å². The van der Waals surface area contributed by atoms with Crippen molar-refractivity contribution in [3.05, 3.63) is 121 Å². The normalized spacial score (nSPS) is 10.5. The van der Waals surface area contributed by atoms with Crippen LogP contribution >= 0.6 is 0 Å². The number of aromatic hydroxyl groups is 1. The van der Waals surface area contributed by atoms with Gasteiger partial charge in [0.25, 0.3) is 0 Å². The highest BCUT2D eigenvalue weighted by atomic mass is 16.3. The van der Waals surface area contributed by atoms with Gasteiger partial charge in [0.2, 0.25) is 0 Å². The molecule has 0 saturated heterocycles. The molecule has 4 rings (SSSR count). The molecule has 130 valence electrons. The van der Waals surface area contributed by atoms with Crippen molar-refractivity contribution in [1.82, 2.24) is 0 Å². The minimum atomic E-state index is 0.240. The quantitative estimate of drug-likeness (QED) is 0.430. The summed E-state index contributed by atoms with van der Waals surface area (Å²) in [4.78, 5) is 0. The summed E-state index contributed by atoms with van der Waals surface area (Å²) in [6, 6.07) is 34.2. The topological polar surface area (TPSA) is 20.2 Å². The number of phenols is 1. The molecule has 0 amide bonds. The van der Waals surface area contributed by atoms with Gasteiger partial charge in [0, 0.05) is 5.56 Å². The fraction of sp³-hybridized carbons (Fsp3) is 0. The third-order valence-corrected chi connectivity index (χ3v) is 4.73. The second kappa shape index (κ2) is 7.35. The molecule has 0 aromatic heterocycles. The Morgan fingerprint density at radius 2 is 1.11 bits per heavy atom. The van der Waals surface area contributed by atoms with Crippen molar-refractivity contribution < 1.29 is 5.11 Å². The van der Waals surface area contributed by atoms with Gasteiger partial charge < -0.3 is 5.11 Å². The Bertz CT molecular complexity index is 1070. The molecule has 27 heavy (non-hydrogen) atoms. The summed E-state index contributed by atoms with van der Waals surface area (Å²) in [6.45, 7) is 4.28. The summed E-state index contributed by atoms with van der Waals surface area (Å²) in [5, 5.41) is 11.0. The fourth-order valence-corrected chi connectivity index (χ4v) is 3.37. The van der Waals surface area contributed by atoms with Crippen LogP contribution in [0.4, 0.5) is 0 Å². The lowest BCUT2D eigenvalue weighted by Gasteiger charge is -2.17. The first-order chi connectivity index (χ1) is 13.2. The van der Waals surface area contributed by atoms with Crippen molar-refractivity contribution in [1.29, 1.82) is 0 Å². The van der Waals surface area contributed by atoms with E-state index in [9.17, 15) is 5.11 Å². The standard InChI is InChI=1S/C26H20O/c1-19(20-11-5-2-6-12-20)26-24(22-15-9-4-10-16-22)17-23(18-25(26)27)21-13-7-3-8-14-21/h2-18,27H,1H2. The highest BCUT2D eigenvalue weighted by Crippen LogP contribution is 2.41. The molecule has 0 aliphatic rings. The SMILES string of the molecule is C=C(c1ccccc1)c1c(O)cc(-c2ccccc2)cc1-c1ccccc1. The largest absolute Gasteiger partial charge is 0.507 e. The Morgan fingerprint density at radius 1 is 0.593 bits per heavy atom.